The van der Waals surface area contributed by atoms with Crippen molar-refractivity contribution >= 4 is 11.3 Å². The fraction of sp³-hybridized carbons (Fsp3) is 0.444. The second-order valence-corrected chi connectivity index (χ2v) is 7.09. The van der Waals surface area contributed by atoms with Gasteiger partial charge in [0.1, 0.15) is 0 Å². The van der Waals surface area contributed by atoms with Crippen molar-refractivity contribution in [2.75, 3.05) is 13.1 Å². The minimum atomic E-state index is -0.650. The zero-order valence-electron chi connectivity index (χ0n) is 12.6. The van der Waals surface area contributed by atoms with Crippen molar-refractivity contribution < 1.29 is 9.84 Å². The van der Waals surface area contributed by atoms with E-state index in [1.165, 1.54) is 16.7 Å². The lowest BCUT2D eigenvalue weighted by Gasteiger charge is -2.45. The molecule has 116 valence electrons. The molecule has 1 saturated heterocycles. The molecule has 0 aliphatic carbocycles. The van der Waals surface area contributed by atoms with Gasteiger partial charge in [0, 0.05) is 26.1 Å². The van der Waals surface area contributed by atoms with Crippen molar-refractivity contribution in [2.24, 2.45) is 0 Å². The fourth-order valence-corrected chi connectivity index (χ4v) is 4.69. The number of hydrogen-bond acceptors (Lipinski definition) is 4. The van der Waals surface area contributed by atoms with Crippen molar-refractivity contribution in [3.8, 4) is 0 Å². The van der Waals surface area contributed by atoms with Crippen LogP contribution in [0.2, 0.25) is 0 Å². The molecular formula is C18H21NO2S. The van der Waals surface area contributed by atoms with Gasteiger partial charge in [-0.25, -0.2) is 0 Å². The number of rotatable bonds is 2. The summed E-state index contributed by atoms with van der Waals surface area (Å²) < 4.78 is 6.03. The van der Waals surface area contributed by atoms with E-state index in [1.54, 1.807) is 11.3 Å². The average molecular weight is 315 g/mol. The number of hydrogen-bond donors (Lipinski definition) is 1. The number of nitrogens with zero attached hydrogens (tertiary/aromatic N) is 1. The van der Waals surface area contributed by atoms with Crippen LogP contribution in [-0.2, 0) is 23.3 Å². The Hall–Kier alpha value is -1.20. The molecule has 1 aromatic heterocycles. The molecule has 1 N–H and O–H groups in total. The lowest BCUT2D eigenvalue weighted by atomic mass is 9.81. The summed E-state index contributed by atoms with van der Waals surface area (Å²) in [6, 6.07) is 10.6. The number of benzene rings is 1. The quantitative estimate of drug-likeness (QED) is 0.924. The first kappa shape index (κ1) is 14.4. The van der Waals surface area contributed by atoms with Gasteiger partial charge < -0.3 is 9.84 Å². The second kappa shape index (κ2) is 5.78. The van der Waals surface area contributed by atoms with Crippen LogP contribution < -0.4 is 0 Å². The first-order valence-electron chi connectivity index (χ1n) is 7.93. The number of fused-ring (bicyclic) bond motifs is 2. The molecule has 0 saturated carbocycles. The van der Waals surface area contributed by atoms with E-state index in [2.05, 4.69) is 46.0 Å². The Morgan fingerprint density at radius 1 is 1.18 bits per heavy atom. The Morgan fingerprint density at radius 2 is 1.95 bits per heavy atom. The third-order valence-electron chi connectivity index (χ3n) is 4.90. The fourth-order valence-electron chi connectivity index (χ4n) is 3.74. The maximum absolute atomic E-state index is 10.1. The van der Waals surface area contributed by atoms with Gasteiger partial charge in [-0.3, -0.25) is 4.90 Å². The van der Waals surface area contributed by atoms with E-state index in [0.717, 1.165) is 32.5 Å². The molecular weight excluding hydrogens is 294 g/mol. The first-order valence-corrected chi connectivity index (χ1v) is 8.87. The SMILES string of the molecule is OC1Cc2cscc2C2(CCN(Cc3ccccc3)CC2)O1. The van der Waals surface area contributed by atoms with Crippen LogP contribution in [0.15, 0.2) is 41.1 Å². The molecule has 1 spiro atoms. The number of aliphatic hydroxyl groups excluding tert-OH is 1. The van der Waals surface area contributed by atoms with E-state index in [4.69, 9.17) is 4.74 Å². The third kappa shape index (κ3) is 2.61. The lowest BCUT2D eigenvalue weighted by Crippen LogP contribution is -2.48. The molecule has 1 aromatic carbocycles. The average Bonchev–Trinajstić information content (AvgIpc) is 3.00. The van der Waals surface area contributed by atoms with Crippen LogP contribution in [0.5, 0.6) is 0 Å². The Labute approximate surface area is 135 Å². The number of likely N-dealkylation sites (tertiary alicyclic amines) is 1. The van der Waals surface area contributed by atoms with Gasteiger partial charge in [-0.2, -0.15) is 11.3 Å². The van der Waals surface area contributed by atoms with E-state index in [0.29, 0.717) is 6.42 Å². The van der Waals surface area contributed by atoms with E-state index in [-0.39, 0.29) is 5.60 Å². The van der Waals surface area contributed by atoms with Crippen LogP contribution in [-0.4, -0.2) is 29.4 Å². The molecule has 2 aliphatic heterocycles. The molecule has 2 aliphatic rings. The van der Waals surface area contributed by atoms with Crippen molar-refractivity contribution in [1.82, 2.24) is 4.90 Å². The van der Waals surface area contributed by atoms with Crippen LogP contribution in [0.3, 0.4) is 0 Å². The van der Waals surface area contributed by atoms with Crippen LogP contribution in [0.1, 0.15) is 29.5 Å². The Balaban J connectivity index is 1.48. The lowest BCUT2D eigenvalue weighted by molar-refractivity contribution is -0.215. The van der Waals surface area contributed by atoms with Gasteiger partial charge in [0.2, 0.25) is 0 Å². The molecule has 3 nitrogen and oxygen atoms in total. The van der Waals surface area contributed by atoms with Gasteiger partial charge in [-0.05, 0) is 40.3 Å². The number of aliphatic hydroxyl groups is 1. The second-order valence-electron chi connectivity index (χ2n) is 6.34. The summed E-state index contributed by atoms with van der Waals surface area (Å²) in [7, 11) is 0. The summed E-state index contributed by atoms with van der Waals surface area (Å²) in [5.41, 5.74) is 3.70. The summed E-state index contributed by atoms with van der Waals surface area (Å²) in [5.74, 6) is 0. The highest BCUT2D eigenvalue weighted by Gasteiger charge is 2.43. The summed E-state index contributed by atoms with van der Waals surface area (Å²) in [6.07, 6.45) is 1.90. The summed E-state index contributed by atoms with van der Waals surface area (Å²) in [5, 5.41) is 14.4. The van der Waals surface area contributed by atoms with E-state index in [1.807, 2.05) is 0 Å². The molecule has 0 amide bonds. The number of ether oxygens (including phenoxy) is 1. The maximum atomic E-state index is 10.1. The van der Waals surface area contributed by atoms with Crippen molar-refractivity contribution in [3.63, 3.8) is 0 Å². The summed E-state index contributed by atoms with van der Waals surface area (Å²) >= 11 is 1.72. The van der Waals surface area contributed by atoms with Crippen molar-refractivity contribution in [2.45, 2.75) is 37.7 Å². The number of thiophene rings is 1. The Bertz CT molecular complexity index is 632. The Kier molecular flexibility index (Phi) is 3.78. The molecule has 1 atom stereocenters. The smallest absolute Gasteiger partial charge is 0.159 e. The van der Waals surface area contributed by atoms with Crippen molar-refractivity contribution in [1.29, 1.82) is 0 Å². The van der Waals surface area contributed by atoms with Gasteiger partial charge in [0.15, 0.2) is 6.29 Å². The molecule has 2 aromatic rings. The monoisotopic (exact) mass is 315 g/mol. The van der Waals surface area contributed by atoms with Gasteiger partial charge in [-0.1, -0.05) is 30.3 Å². The van der Waals surface area contributed by atoms with Crippen molar-refractivity contribution in [3.05, 3.63) is 57.8 Å². The highest BCUT2D eigenvalue weighted by atomic mass is 32.1. The van der Waals surface area contributed by atoms with E-state index in [9.17, 15) is 5.11 Å². The molecule has 22 heavy (non-hydrogen) atoms. The minimum Gasteiger partial charge on any atom is -0.368 e. The van der Waals surface area contributed by atoms with Gasteiger partial charge in [0.05, 0.1) is 5.60 Å². The summed E-state index contributed by atoms with van der Waals surface area (Å²) in [6.45, 7) is 3.02. The predicted octanol–water partition coefficient (Wildman–Crippen LogP) is 3.13. The van der Waals surface area contributed by atoms with Crippen LogP contribution >= 0.6 is 11.3 Å². The molecule has 0 bridgehead atoms. The topological polar surface area (TPSA) is 32.7 Å². The first-order chi connectivity index (χ1) is 10.8. The molecule has 4 rings (SSSR count). The molecule has 1 unspecified atom stereocenters. The molecule has 3 heterocycles. The molecule has 4 heteroatoms. The highest BCUT2D eigenvalue weighted by molar-refractivity contribution is 7.08. The van der Waals surface area contributed by atoms with Crippen LogP contribution in [0.25, 0.3) is 0 Å². The van der Waals surface area contributed by atoms with Gasteiger partial charge >= 0.3 is 0 Å². The normalized spacial score (nSPS) is 24.3. The van der Waals surface area contributed by atoms with Gasteiger partial charge in [-0.15, -0.1) is 0 Å². The molecule has 0 radical (unpaired) electrons. The zero-order valence-corrected chi connectivity index (χ0v) is 13.4. The van der Waals surface area contributed by atoms with Gasteiger partial charge in [0.25, 0.3) is 0 Å². The largest absolute Gasteiger partial charge is 0.368 e. The van der Waals surface area contributed by atoms with E-state index >= 15 is 0 Å². The van der Waals surface area contributed by atoms with Crippen LogP contribution in [0.4, 0.5) is 0 Å². The highest BCUT2D eigenvalue weighted by Crippen LogP contribution is 2.44. The third-order valence-corrected chi connectivity index (χ3v) is 5.69. The van der Waals surface area contributed by atoms with E-state index < -0.39 is 6.29 Å². The maximum Gasteiger partial charge on any atom is 0.159 e. The minimum absolute atomic E-state index is 0.264. The number of piperidine rings is 1. The van der Waals surface area contributed by atoms with Crippen LogP contribution in [0, 0.1) is 0 Å². The predicted molar refractivity (Wildman–Crippen MR) is 87.7 cm³/mol. The standard InChI is InChI=1S/C18H21NO2S/c20-17-10-15-12-22-13-16(15)18(21-17)6-8-19(9-7-18)11-14-4-2-1-3-5-14/h1-5,12-13,17,20H,6-11H2. The Morgan fingerprint density at radius 3 is 2.73 bits per heavy atom. The summed E-state index contributed by atoms with van der Waals surface area (Å²) in [4.78, 5) is 2.48. The molecule has 1 fully saturated rings. The zero-order chi connectivity index (χ0) is 15.0.